The first kappa shape index (κ1) is 9.05. The molecule has 0 amide bonds. The van der Waals surface area contributed by atoms with Crippen LogP contribution in [-0.2, 0) is 0 Å². The van der Waals surface area contributed by atoms with E-state index in [1.54, 1.807) is 0 Å². The van der Waals surface area contributed by atoms with E-state index in [1.807, 2.05) is 0 Å². The molecule has 2 unspecified atom stereocenters. The van der Waals surface area contributed by atoms with Crippen LogP contribution in [0.25, 0.3) is 0 Å². The van der Waals surface area contributed by atoms with Gasteiger partial charge in [-0.3, -0.25) is 0 Å². The summed E-state index contributed by atoms with van der Waals surface area (Å²) in [4.78, 5) is 0. The standard InChI is InChI=1S/C10H20O/c1-8(2)4-6-10(11)7-5-9(10)3/h8-9,11H,4-7H2,1-3H3. The minimum Gasteiger partial charge on any atom is -0.390 e. The zero-order valence-electron chi connectivity index (χ0n) is 7.93. The molecule has 0 saturated heterocycles. The van der Waals surface area contributed by atoms with E-state index in [0.717, 1.165) is 18.8 Å². The number of aliphatic hydroxyl groups is 1. The Morgan fingerprint density at radius 2 is 2.18 bits per heavy atom. The van der Waals surface area contributed by atoms with Crippen molar-refractivity contribution in [1.82, 2.24) is 0 Å². The largest absolute Gasteiger partial charge is 0.390 e. The molecule has 0 aromatic carbocycles. The minimum atomic E-state index is -0.287. The van der Waals surface area contributed by atoms with E-state index < -0.39 is 0 Å². The van der Waals surface area contributed by atoms with Crippen LogP contribution < -0.4 is 0 Å². The molecule has 0 spiro atoms. The third kappa shape index (κ3) is 1.96. The lowest BCUT2D eigenvalue weighted by Gasteiger charge is -2.44. The third-order valence-corrected chi connectivity index (χ3v) is 3.08. The molecular weight excluding hydrogens is 136 g/mol. The lowest BCUT2D eigenvalue weighted by molar-refractivity contribution is -0.0948. The predicted molar refractivity (Wildman–Crippen MR) is 47.4 cm³/mol. The maximum atomic E-state index is 9.93. The van der Waals surface area contributed by atoms with E-state index >= 15 is 0 Å². The van der Waals surface area contributed by atoms with Crippen molar-refractivity contribution < 1.29 is 5.11 Å². The van der Waals surface area contributed by atoms with Gasteiger partial charge in [-0.15, -0.1) is 0 Å². The summed E-state index contributed by atoms with van der Waals surface area (Å²) in [6, 6.07) is 0. The molecule has 1 rings (SSSR count). The molecule has 0 heterocycles. The Bertz CT molecular complexity index is 131. The summed E-state index contributed by atoms with van der Waals surface area (Å²) in [5, 5.41) is 9.93. The maximum Gasteiger partial charge on any atom is 0.0673 e. The van der Waals surface area contributed by atoms with Crippen molar-refractivity contribution in [2.75, 3.05) is 0 Å². The average Bonchev–Trinajstić information content (AvgIpc) is 1.97. The molecule has 1 fully saturated rings. The summed E-state index contributed by atoms with van der Waals surface area (Å²) in [6.45, 7) is 6.59. The molecular formula is C10H20O. The van der Waals surface area contributed by atoms with Crippen molar-refractivity contribution in [1.29, 1.82) is 0 Å². The molecule has 0 aliphatic heterocycles. The van der Waals surface area contributed by atoms with Crippen LogP contribution in [0.2, 0.25) is 0 Å². The van der Waals surface area contributed by atoms with Crippen LogP contribution in [0.5, 0.6) is 0 Å². The third-order valence-electron chi connectivity index (χ3n) is 3.08. The molecule has 11 heavy (non-hydrogen) atoms. The molecule has 2 atom stereocenters. The van der Waals surface area contributed by atoms with E-state index in [2.05, 4.69) is 20.8 Å². The van der Waals surface area contributed by atoms with Crippen molar-refractivity contribution in [2.45, 2.75) is 52.1 Å². The normalized spacial score (nSPS) is 37.4. The van der Waals surface area contributed by atoms with Gasteiger partial charge in [-0.2, -0.15) is 0 Å². The van der Waals surface area contributed by atoms with Crippen molar-refractivity contribution >= 4 is 0 Å². The van der Waals surface area contributed by atoms with E-state index in [4.69, 9.17) is 0 Å². The highest BCUT2D eigenvalue weighted by molar-refractivity contribution is 4.93. The Balaban J connectivity index is 2.25. The maximum absolute atomic E-state index is 9.93. The SMILES string of the molecule is CC(C)CCC1(O)CCC1C. The number of rotatable bonds is 3. The summed E-state index contributed by atoms with van der Waals surface area (Å²) in [6.07, 6.45) is 4.42. The quantitative estimate of drug-likeness (QED) is 0.666. The van der Waals surface area contributed by atoms with Gasteiger partial charge in [0.25, 0.3) is 0 Å². The van der Waals surface area contributed by atoms with Gasteiger partial charge in [0, 0.05) is 0 Å². The molecule has 1 heteroatoms. The summed E-state index contributed by atoms with van der Waals surface area (Å²) in [5.41, 5.74) is -0.287. The van der Waals surface area contributed by atoms with Crippen molar-refractivity contribution in [3.63, 3.8) is 0 Å². The molecule has 1 nitrogen and oxygen atoms in total. The monoisotopic (exact) mass is 156 g/mol. The van der Waals surface area contributed by atoms with Crippen LogP contribution in [-0.4, -0.2) is 10.7 Å². The summed E-state index contributed by atoms with van der Waals surface area (Å²) < 4.78 is 0. The highest BCUT2D eigenvalue weighted by Crippen LogP contribution is 2.41. The molecule has 1 N–H and O–H groups in total. The van der Waals surface area contributed by atoms with Gasteiger partial charge in [0.15, 0.2) is 0 Å². The van der Waals surface area contributed by atoms with E-state index in [-0.39, 0.29) is 5.60 Å². The molecule has 0 bridgehead atoms. The molecule has 1 saturated carbocycles. The van der Waals surface area contributed by atoms with Crippen LogP contribution in [0, 0.1) is 11.8 Å². The van der Waals surface area contributed by atoms with Crippen molar-refractivity contribution in [3.8, 4) is 0 Å². The average molecular weight is 156 g/mol. The first-order valence-corrected chi connectivity index (χ1v) is 4.77. The highest BCUT2D eigenvalue weighted by Gasteiger charge is 2.41. The second-order valence-electron chi connectivity index (χ2n) is 4.48. The first-order chi connectivity index (χ1) is 5.04. The fraction of sp³-hybridized carbons (Fsp3) is 1.00. The molecule has 1 aliphatic rings. The Labute approximate surface area is 69.8 Å². The Hall–Kier alpha value is -0.0400. The second kappa shape index (κ2) is 3.14. The summed E-state index contributed by atoms with van der Waals surface area (Å²) in [7, 11) is 0. The molecule has 0 radical (unpaired) electrons. The van der Waals surface area contributed by atoms with Gasteiger partial charge in [-0.05, 0) is 37.5 Å². The summed E-state index contributed by atoms with van der Waals surface area (Å²) >= 11 is 0. The smallest absolute Gasteiger partial charge is 0.0673 e. The van der Waals surface area contributed by atoms with Gasteiger partial charge in [0.2, 0.25) is 0 Å². The zero-order valence-corrected chi connectivity index (χ0v) is 7.93. The van der Waals surface area contributed by atoms with E-state index in [1.165, 1.54) is 12.8 Å². The predicted octanol–water partition coefficient (Wildman–Crippen LogP) is 2.58. The minimum absolute atomic E-state index is 0.287. The van der Waals surface area contributed by atoms with E-state index in [9.17, 15) is 5.11 Å². The molecule has 0 aromatic heterocycles. The van der Waals surface area contributed by atoms with Gasteiger partial charge in [0.1, 0.15) is 0 Å². The molecule has 0 aromatic rings. The van der Waals surface area contributed by atoms with Crippen LogP contribution in [0.1, 0.15) is 46.5 Å². The van der Waals surface area contributed by atoms with Crippen LogP contribution in [0.4, 0.5) is 0 Å². The van der Waals surface area contributed by atoms with Crippen LogP contribution in [0.15, 0.2) is 0 Å². The second-order valence-corrected chi connectivity index (χ2v) is 4.48. The highest BCUT2D eigenvalue weighted by atomic mass is 16.3. The van der Waals surface area contributed by atoms with Crippen molar-refractivity contribution in [3.05, 3.63) is 0 Å². The van der Waals surface area contributed by atoms with Crippen molar-refractivity contribution in [2.24, 2.45) is 11.8 Å². The van der Waals surface area contributed by atoms with Gasteiger partial charge in [0.05, 0.1) is 5.60 Å². The number of hydrogen-bond donors (Lipinski definition) is 1. The molecule has 1 aliphatic carbocycles. The molecule has 66 valence electrons. The summed E-state index contributed by atoms with van der Waals surface area (Å²) in [5.74, 6) is 1.27. The van der Waals surface area contributed by atoms with Crippen LogP contribution >= 0.6 is 0 Å². The Morgan fingerprint density at radius 3 is 2.45 bits per heavy atom. The first-order valence-electron chi connectivity index (χ1n) is 4.77. The fourth-order valence-electron chi connectivity index (χ4n) is 1.68. The Kier molecular flexibility index (Phi) is 2.58. The van der Waals surface area contributed by atoms with E-state index in [0.29, 0.717) is 5.92 Å². The number of hydrogen-bond acceptors (Lipinski definition) is 1. The van der Waals surface area contributed by atoms with Gasteiger partial charge >= 0.3 is 0 Å². The topological polar surface area (TPSA) is 20.2 Å². The van der Waals surface area contributed by atoms with Gasteiger partial charge in [-0.1, -0.05) is 20.8 Å². The van der Waals surface area contributed by atoms with Crippen LogP contribution in [0.3, 0.4) is 0 Å². The fourth-order valence-corrected chi connectivity index (χ4v) is 1.68. The van der Waals surface area contributed by atoms with Gasteiger partial charge in [-0.25, -0.2) is 0 Å². The van der Waals surface area contributed by atoms with Gasteiger partial charge < -0.3 is 5.11 Å². The lowest BCUT2D eigenvalue weighted by Crippen LogP contribution is -2.45. The lowest BCUT2D eigenvalue weighted by atomic mass is 9.67. The Morgan fingerprint density at radius 1 is 1.55 bits per heavy atom. The zero-order chi connectivity index (χ0) is 8.48.